The molecule has 1 aromatic carbocycles. The van der Waals surface area contributed by atoms with Crippen LogP contribution in [0.25, 0.3) is 0 Å². The summed E-state index contributed by atoms with van der Waals surface area (Å²) in [6.07, 6.45) is 0.617. The van der Waals surface area contributed by atoms with Gasteiger partial charge in [0.15, 0.2) is 0 Å². The van der Waals surface area contributed by atoms with Crippen LogP contribution in [0.4, 0.5) is 10.1 Å². The van der Waals surface area contributed by atoms with E-state index in [4.69, 9.17) is 9.84 Å². The van der Waals surface area contributed by atoms with Crippen molar-refractivity contribution >= 4 is 11.6 Å². The number of aliphatic hydroxyl groups is 1. The number of amides is 1. The van der Waals surface area contributed by atoms with E-state index in [-0.39, 0.29) is 24.7 Å². The van der Waals surface area contributed by atoms with Crippen LogP contribution in [0.3, 0.4) is 0 Å². The average molecular weight is 227 g/mol. The summed E-state index contributed by atoms with van der Waals surface area (Å²) in [6.45, 7) is -0.0338. The minimum Gasteiger partial charge on any atom is -0.494 e. The third-order valence-corrected chi connectivity index (χ3v) is 2.00. The van der Waals surface area contributed by atoms with Gasteiger partial charge in [0.1, 0.15) is 11.6 Å². The molecular weight excluding hydrogens is 213 g/mol. The van der Waals surface area contributed by atoms with Gasteiger partial charge in [-0.25, -0.2) is 4.39 Å². The molecule has 1 aromatic rings. The van der Waals surface area contributed by atoms with Gasteiger partial charge in [-0.05, 0) is 18.6 Å². The highest BCUT2D eigenvalue weighted by Crippen LogP contribution is 2.24. The molecule has 4 nitrogen and oxygen atoms in total. The van der Waals surface area contributed by atoms with Gasteiger partial charge in [0.25, 0.3) is 0 Å². The molecule has 0 bridgehead atoms. The van der Waals surface area contributed by atoms with E-state index in [9.17, 15) is 9.18 Å². The van der Waals surface area contributed by atoms with Crippen molar-refractivity contribution in [3.63, 3.8) is 0 Å². The molecule has 0 aliphatic heterocycles. The fraction of sp³-hybridized carbons (Fsp3) is 0.364. The molecule has 0 aliphatic carbocycles. The minimum absolute atomic E-state index is 0.0338. The molecule has 16 heavy (non-hydrogen) atoms. The molecule has 0 fully saturated rings. The number of benzene rings is 1. The number of anilines is 1. The zero-order valence-corrected chi connectivity index (χ0v) is 9.00. The van der Waals surface area contributed by atoms with Gasteiger partial charge in [-0.2, -0.15) is 0 Å². The number of hydrogen-bond acceptors (Lipinski definition) is 3. The first kappa shape index (κ1) is 12.4. The summed E-state index contributed by atoms with van der Waals surface area (Å²) in [5.41, 5.74) is 0.423. The number of nitrogens with one attached hydrogen (secondary N) is 1. The number of carbonyl (C=O) groups is 1. The van der Waals surface area contributed by atoms with Gasteiger partial charge in [0.05, 0.1) is 12.8 Å². The van der Waals surface area contributed by atoms with Crippen LogP contribution in [0.2, 0.25) is 0 Å². The minimum atomic E-state index is -0.426. The molecule has 1 rings (SSSR count). The Balaban J connectivity index is 2.69. The molecule has 0 saturated heterocycles. The Bertz CT molecular complexity index is 368. The zero-order chi connectivity index (χ0) is 12.0. The highest BCUT2D eigenvalue weighted by molar-refractivity contribution is 5.92. The van der Waals surface area contributed by atoms with Gasteiger partial charge in [-0.15, -0.1) is 0 Å². The van der Waals surface area contributed by atoms with E-state index in [0.29, 0.717) is 12.1 Å². The van der Waals surface area contributed by atoms with Gasteiger partial charge < -0.3 is 15.2 Å². The molecule has 0 saturated carbocycles. The predicted molar refractivity (Wildman–Crippen MR) is 57.9 cm³/mol. The van der Waals surface area contributed by atoms with Crippen LogP contribution >= 0.6 is 0 Å². The van der Waals surface area contributed by atoms with Crippen molar-refractivity contribution in [3.8, 4) is 5.75 Å². The monoisotopic (exact) mass is 227 g/mol. The molecule has 1 amide bonds. The van der Waals surface area contributed by atoms with Crippen LogP contribution in [-0.4, -0.2) is 24.7 Å². The second-order valence-electron chi connectivity index (χ2n) is 3.22. The molecular formula is C11H14FNO3. The standard InChI is InChI=1S/C11H14FNO3/c1-16-10-7-8(12)4-5-9(10)13-11(15)3-2-6-14/h4-5,7,14H,2-3,6H2,1H3,(H,13,15). The van der Waals surface area contributed by atoms with Crippen molar-refractivity contribution < 1.29 is 19.0 Å². The fourth-order valence-corrected chi connectivity index (χ4v) is 1.22. The Kier molecular flexibility index (Phi) is 4.72. The fourth-order valence-electron chi connectivity index (χ4n) is 1.22. The quantitative estimate of drug-likeness (QED) is 0.802. The Morgan fingerprint density at radius 2 is 2.31 bits per heavy atom. The van der Waals surface area contributed by atoms with Crippen molar-refractivity contribution in [2.24, 2.45) is 0 Å². The molecule has 88 valence electrons. The highest BCUT2D eigenvalue weighted by Gasteiger charge is 2.07. The number of aliphatic hydroxyl groups excluding tert-OH is 1. The Morgan fingerprint density at radius 3 is 2.94 bits per heavy atom. The third kappa shape index (κ3) is 3.51. The summed E-state index contributed by atoms with van der Waals surface area (Å²) in [5.74, 6) is -0.387. The molecule has 0 atom stereocenters. The van der Waals surface area contributed by atoms with Gasteiger partial charge >= 0.3 is 0 Å². The SMILES string of the molecule is COc1cc(F)ccc1NC(=O)CCCO. The smallest absolute Gasteiger partial charge is 0.224 e. The third-order valence-electron chi connectivity index (χ3n) is 2.00. The largest absolute Gasteiger partial charge is 0.494 e. The maximum absolute atomic E-state index is 12.8. The van der Waals surface area contributed by atoms with Gasteiger partial charge in [0.2, 0.25) is 5.91 Å². The summed E-state index contributed by atoms with van der Waals surface area (Å²) in [6, 6.07) is 3.87. The summed E-state index contributed by atoms with van der Waals surface area (Å²) in [4.78, 5) is 11.4. The first-order valence-electron chi connectivity index (χ1n) is 4.91. The van der Waals surface area contributed by atoms with Crippen LogP contribution in [0.5, 0.6) is 5.75 Å². The molecule has 2 N–H and O–H groups in total. The van der Waals surface area contributed by atoms with E-state index >= 15 is 0 Å². The van der Waals surface area contributed by atoms with Gasteiger partial charge in [-0.3, -0.25) is 4.79 Å². The first-order valence-corrected chi connectivity index (χ1v) is 4.91. The number of hydrogen-bond donors (Lipinski definition) is 2. The summed E-state index contributed by atoms with van der Waals surface area (Å²) < 4.78 is 17.8. The lowest BCUT2D eigenvalue weighted by molar-refractivity contribution is -0.116. The topological polar surface area (TPSA) is 58.6 Å². The van der Waals surface area contributed by atoms with Crippen LogP contribution in [0.15, 0.2) is 18.2 Å². The molecule has 0 heterocycles. The van der Waals surface area contributed by atoms with E-state index in [1.165, 1.54) is 25.3 Å². The van der Waals surface area contributed by atoms with E-state index in [2.05, 4.69) is 5.32 Å². The first-order chi connectivity index (χ1) is 7.67. The Hall–Kier alpha value is -1.62. The summed E-state index contributed by atoms with van der Waals surface area (Å²) >= 11 is 0. The van der Waals surface area contributed by atoms with E-state index < -0.39 is 5.82 Å². The number of carbonyl (C=O) groups excluding carboxylic acids is 1. The maximum atomic E-state index is 12.8. The zero-order valence-electron chi connectivity index (χ0n) is 9.00. The lowest BCUT2D eigenvalue weighted by Gasteiger charge is -2.09. The predicted octanol–water partition coefficient (Wildman–Crippen LogP) is 1.55. The number of ether oxygens (including phenoxy) is 1. The van der Waals surface area contributed by atoms with Crippen molar-refractivity contribution in [2.45, 2.75) is 12.8 Å². The molecule has 0 aliphatic rings. The Labute approximate surface area is 93.0 Å². The van der Waals surface area contributed by atoms with Crippen LogP contribution in [0, 0.1) is 5.82 Å². The lowest BCUT2D eigenvalue weighted by atomic mass is 10.2. The second-order valence-corrected chi connectivity index (χ2v) is 3.22. The number of methoxy groups -OCH3 is 1. The van der Waals surface area contributed by atoms with Crippen molar-refractivity contribution in [1.82, 2.24) is 0 Å². The lowest BCUT2D eigenvalue weighted by Crippen LogP contribution is -2.12. The van der Waals surface area contributed by atoms with E-state index in [0.717, 1.165) is 0 Å². The van der Waals surface area contributed by atoms with Crippen molar-refractivity contribution in [2.75, 3.05) is 19.0 Å². The molecule has 0 radical (unpaired) electrons. The number of rotatable bonds is 5. The van der Waals surface area contributed by atoms with Crippen molar-refractivity contribution in [3.05, 3.63) is 24.0 Å². The molecule has 0 spiro atoms. The molecule has 5 heteroatoms. The van der Waals surface area contributed by atoms with Crippen LogP contribution in [0.1, 0.15) is 12.8 Å². The van der Waals surface area contributed by atoms with Crippen molar-refractivity contribution in [1.29, 1.82) is 0 Å². The highest BCUT2D eigenvalue weighted by atomic mass is 19.1. The second kappa shape index (κ2) is 6.07. The van der Waals surface area contributed by atoms with Crippen LogP contribution < -0.4 is 10.1 Å². The number of halogens is 1. The normalized spacial score (nSPS) is 9.94. The van der Waals surface area contributed by atoms with Gasteiger partial charge in [-0.1, -0.05) is 0 Å². The van der Waals surface area contributed by atoms with E-state index in [1.807, 2.05) is 0 Å². The van der Waals surface area contributed by atoms with Crippen LogP contribution in [-0.2, 0) is 4.79 Å². The Morgan fingerprint density at radius 1 is 1.56 bits per heavy atom. The maximum Gasteiger partial charge on any atom is 0.224 e. The molecule has 0 aromatic heterocycles. The summed E-state index contributed by atoms with van der Waals surface area (Å²) in [7, 11) is 1.40. The molecule has 0 unspecified atom stereocenters. The van der Waals surface area contributed by atoms with Gasteiger partial charge in [0, 0.05) is 19.1 Å². The van der Waals surface area contributed by atoms with E-state index in [1.54, 1.807) is 0 Å². The average Bonchev–Trinajstić information content (AvgIpc) is 2.28. The summed E-state index contributed by atoms with van der Waals surface area (Å²) in [5, 5.41) is 11.1.